The van der Waals surface area contributed by atoms with Gasteiger partial charge in [-0.25, -0.2) is 4.79 Å². The first kappa shape index (κ1) is 12.7. The van der Waals surface area contributed by atoms with Crippen molar-refractivity contribution in [3.05, 3.63) is 34.7 Å². The molecule has 0 aliphatic carbocycles. The first-order chi connectivity index (χ1) is 10.3. The molecule has 2 unspecified atom stereocenters. The van der Waals surface area contributed by atoms with Gasteiger partial charge in [-0.05, 0) is 12.1 Å². The average molecular weight is 290 g/mol. The molecule has 0 amide bonds. The van der Waals surface area contributed by atoms with Crippen molar-refractivity contribution in [2.24, 2.45) is 0 Å². The third-order valence-corrected chi connectivity index (χ3v) is 3.34. The van der Waals surface area contributed by atoms with Crippen LogP contribution in [0.4, 0.5) is 0 Å². The minimum absolute atomic E-state index is 0.142. The lowest BCUT2D eigenvalue weighted by molar-refractivity contribution is 0.228. The van der Waals surface area contributed by atoms with Crippen molar-refractivity contribution < 1.29 is 23.4 Å². The van der Waals surface area contributed by atoms with Crippen LogP contribution in [0.5, 0.6) is 11.5 Å². The van der Waals surface area contributed by atoms with E-state index in [0.29, 0.717) is 30.3 Å². The van der Waals surface area contributed by atoms with Crippen LogP contribution in [-0.4, -0.2) is 38.6 Å². The smallest absolute Gasteiger partial charge is 0.336 e. The molecule has 2 atom stereocenters. The van der Waals surface area contributed by atoms with Gasteiger partial charge in [0.05, 0.1) is 13.2 Å². The van der Waals surface area contributed by atoms with Crippen LogP contribution in [0.3, 0.4) is 0 Å². The highest BCUT2D eigenvalue weighted by Gasteiger charge is 2.26. The van der Waals surface area contributed by atoms with Crippen LogP contribution in [0.2, 0.25) is 0 Å². The highest BCUT2D eigenvalue weighted by Crippen LogP contribution is 2.33. The van der Waals surface area contributed by atoms with Gasteiger partial charge in [0.25, 0.3) is 0 Å². The van der Waals surface area contributed by atoms with E-state index in [2.05, 4.69) is 0 Å². The zero-order valence-electron chi connectivity index (χ0n) is 11.2. The van der Waals surface area contributed by atoms with Crippen LogP contribution < -0.4 is 15.1 Å². The zero-order chi connectivity index (χ0) is 14.2. The number of fused-ring (bicyclic) bond motifs is 1. The van der Waals surface area contributed by atoms with Crippen molar-refractivity contribution in [3.63, 3.8) is 0 Å². The zero-order valence-corrected chi connectivity index (χ0v) is 11.2. The fraction of sp³-hybridized carbons (Fsp3) is 0.400. The van der Waals surface area contributed by atoms with Crippen LogP contribution in [0.25, 0.3) is 11.0 Å². The molecule has 2 saturated heterocycles. The van der Waals surface area contributed by atoms with E-state index >= 15 is 0 Å². The average Bonchev–Trinajstić information content (AvgIpc) is 3.37. The van der Waals surface area contributed by atoms with Crippen molar-refractivity contribution in [2.45, 2.75) is 12.2 Å². The minimum Gasteiger partial charge on any atom is -0.487 e. The summed E-state index contributed by atoms with van der Waals surface area (Å²) in [7, 11) is 0. The van der Waals surface area contributed by atoms with Crippen LogP contribution in [-0.2, 0) is 9.47 Å². The molecule has 110 valence electrons. The molecule has 2 aliphatic rings. The van der Waals surface area contributed by atoms with Gasteiger partial charge in [0.2, 0.25) is 0 Å². The van der Waals surface area contributed by atoms with E-state index in [9.17, 15) is 4.79 Å². The molecule has 4 rings (SSSR count). The number of hydrogen-bond acceptors (Lipinski definition) is 6. The van der Waals surface area contributed by atoms with Gasteiger partial charge < -0.3 is 23.4 Å². The molecule has 0 saturated carbocycles. The molecule has 0 N–H and O–H groups in total. The summed E-state index contributed by atoms with van der Waals surface area (Å²) in [6, 6.07) is 6.58. The third-order valence-electron chi connectivity index (χ3n) is 3.34. The second-order valence-electron chi connectivity index (χ2n) is 5.12. The molecule has 2 fully saturated rings. The number of epoxide rings is 2. The third kappa shape index (κ3) is 3.01. The van der Waals surface area contributed by atoms with Crippen molar-refractivity contribution in [3.8, 4) is 11.5 Å². The summed E-state index contributed by atoms with van der Waals surface area (Å²) in [5.74, 6) is 1.17. The molecule has 0 bridgehead atoms. The predicted octanol–water partition coefficient (Wildman–Crippen LogP) is 1.35. The van der Waals surface area contributed by atoms with Crippen LogP contribution >= 0.6 is 0 Å². The Bertz CT molecular complexity index is 714. The van der Waals surface area contributed by atoms with Gasteiger partial charge in [-0.3, -0.25) is 0 Å². The molecule has 6 nitrogen and oxygen atoms in total. The maximum Gasteiger partial charge on any atom is 0.336 e. The van der Waals surface area contributed by atoms with Gasteiger partial charge in [0, 0.05) is 17.5 Å². The van der Waals surface area contributed by atoms with Gasteiger partial charge in [-0.1, -0.05) is 0 Å². The quantitative estimate of drug-likeness (QED) is 0.590. The normalized spacial score (nSPS) is 23.0. The van der Waals surface area contributed by atoms with E-state index in [1.54, 1.807) is 12.1 Å². The van der Waals surface area contributed by atoms with Gasteiger partial charge in [0.1, 0.15) is 31.0 Å². The van der Waals surface area contributed by atoms with Gasteiger partial charge in [0.15, 0.2) is 11.5 Å². The van der Waals surface area contributed by atoms with Crippen molar-refractivity contribution in [1.82, 2.24) is 0 Å². The second-order valence-corrected chi connectivity index (χ2v) is 5.12. The van der Waals surface area contributed by atoms with Gasteiger partial charge >= 0.3 is 5.63 Å². The first-order valence-electron chi connectivity index (χ1n) is 6.85. The van der Waals surface area contributed by atoms with E-state index in [1.165, 1.54) is 6.07 Å². The first-order valence-corrected chi connectivity index (χ1v) is 6.85. The monoisotopic (exact) mass is 290 g/mol. The molecule has 3 heterocycles. The standard InChI is InChI=1S/C15H14O6/c16-15-2-1-9-3-13(19-7-10-5-17-10)14(4-12(9)21-15)20-8-11-6-18-11/h1-4,10-11H,5-8H2. The number of ether oxygens (including phenoxy) is 4. The molecule has 6 heteroatoms. The number of rotatable bonds is 6. The molecule has 1 aromatic heterocycles. The SMILES string of the molecule is O=c1ccc2cc(OCC3CO3)c(OCC3CO3)cc2o1. The summed E-state index contributed by atoms with van der Waals surface area (Å²) in [5, 5.41) is 0.788. The molecule has 0 radical (unpaired) electrons. The summed E-state index contributed by atoms with van der Waals surface area (Å²) in [5.41, 5.74) is 0.0864. The Labute approximate surface area is 120 Å². The molecule has 2 aromatic rings. The van der Waals surface area contributed by atoms with E-state index in [1.807, 2.05) is 6.07 Å². The van der Waals surface area contributed by atoms with Crippen molar-refractivity contribution in [2.75, 3.05) is 26.4 Å². The highest BCUT2D eigenvalue weighted by molar-refractivity contribution is 5.80. The topological polar surface area (TPSA) is 73.7 Å². The van der Waals surface area contributed by atoms with Crippen LogP contribution in [0.15, 0.2) is 33.5 Å². The van der Waals surface area contributed by atoms with Gasteiger partial charge in [-0.15, -0.1) is 0 Å². The van der Waals surface area contributed by atoms with Crippen molar-refractivity contribution >= 4 is 11.0 Å². The van der Waals surface area contributed by atoms with Crippen LogP contribution in [0.1, 0.15) is 0 Å². The van der Waals surface area contributed by atoms with E-state index < -0.39 is 0 Å². The Kier molecular flexibility index (Phi) is 3.05. The summed E-state index contributed by atoms with van der Waals surface area (Å²) < 4.78 is 26.9. The number of hydrogen-bond donors (Lipinski definition) is 0. The predicted molar refractivity (Wildman–Crippen MR) is 73.0 cm³/mol. The summed E-state index contributed by atoms with van der Waals surface area (Å²) in [6.07, 6.45) is 0.303. The fourth-order valence-electron chi connectivity index (χ4n) is 2.00. The minimum atomic E-state index is -0.390. The lowest BCUT2D eigenvalue weighted by Gasteiger charge is -2.12. The number of benzene rings is 1. The largest absolute Gasteiger partial charge is 0.487 e. The summed E-state index contributed by atoms with van der Waals surface area (Å²) in [6.45, 7) is 2.39. The summed E-state index contributed by atoms with van der Waals surface area (Å²) >= 11 is 0. The van der Waals surface area contributed by atoms with Crippen molar-refractivity contribution in [1.29, 1.82) is 0 Å². The summed E-state index contributed by atoms with van der Waals surface area (Å²) in [4.78, 5) is 11.3. The maximum absolute atomic E-state index is 11.3. The van der Waals surface area contributed by atoms with Crippen LogP contribution in [0, 0.1) is 0 Å². The maximum atomic E-state index is 11.3. The Balaban J connectivity index is 1.65. The Morgan fingerprint density at radius 2 is 1.62 bits per heavy atom. The highest BCUT2D eigenvalue weighted by atomic mass is 16.6. The lowest BCUT2D eigenvalue weighted by atomic mass is 10.2. The van der Waals surface area contributed by atoms with Gasteiger partial charge in [-0.2, -0.15) is 0 Å². The molecule has 0 spiro atoms. The van der Waals surface area contributed by atoms with E-state index in [-0.39, 0.29) is 17.8 Å². The Hall–Kier alpha value is -2.05. The molecule has 21 heavy (non-hydrogen) atoms. The Morgan fingerprint density at radius 1 is 1.00 bits per heavy atom. The van der Waals surface area contributed by atoms with E-state index in [4.69, 9.17) is 23.4 Å². The second kappa shape index (κ2) is 5.05. The molecule has 2 aliphatic heterocycles. The molecular formula is C15H14O6. The Morgan fingerprint density at radius 3 is 2.24 bits per heavy atom. The molecule has 1 aromatic carbocycles. The van der Waals surface area contributed by atoms with E-state index in [0.717, 1.165) is 18.6 Å². The lowest BCUT2D eigenvalue weighted by Crippen LogP contribution is -2.09. The fourth-order valence-corrected chi connectivity index (χ4v) is 2.00. The molecular weight excluding hydrogens is 276 g/mol.